The molecule has 1 aliphatic rings. The molecule has 2 aromatic rings. The minimum Gasteiger partial charge on any atom is -0.497 e. The van der Waals surface area contributed by atoms with E-state index >= 15 is 0 Å². The maximum atomic E-state index is 12.1. The molecule has 0 bridgehead atoms. The molecule has 7 nitrogen and oxygen atoms in total. The van der Waals surface area contributed by atoms with Gasteiger partial charge < -0.3 is 20.3 Å². The number of thioether (sulfide) groups is 1. The predicted octanol–water partition coefficient (Wildman–Crippen LogP) is 3.39. The number of carbonyl (C=O) groups excluding carboxylic acids is 2. The van der Waals surface area contributed by atoms with Crippen LogP contribution in [0.4, 0.5) is 17.2 Å². The molecule has 1 fully saturated rings. The second kappa shape index (κ2) is 10.7. The van der Waals surface area contributed by atoms with Gasteiger partial charge in [-0.15, -0.1) is 11.8 Å². The Morgan fingerprint density at radius 3 is 2.17 bits per heavy atom. The third-order valence-electron chi connectivity index (χ3n) is 4.55. The number of hydrogen-bond donors (Lipinski definition) is 2. The van der Waals surface area contributed by atoms with Gasteiger partial charge in [0.15, 0.2) is 0 Å². The summed E-state index contributed by atoms with van der Waals surface area (Å²) in [7, 11) is 1.59. The predicted molar refractivity (Wildman–Crippen MR) is 118 cm³/mol. The molecule has 154 valence electrons. The highest BCUT2D eigenvalue weighted by atomic mass is 32.2. The number of anilines is 3. The van der Waals surface area contributed by atoms with Gasteiger partial charge in [0.1, 0.15) is 11.6 Å². The Labute approximate surface area is 175 Å². The first kappa shape index (κ1) is 21.0. The zero-order valence-electron chi connectivity index (χ0n) is 16.5. The fourth-order valence-electron chi connectivity index (χ4n) is 3.07. The lowest BCUT2D eigenvalue weighted by atomic mass is 10.1. The van der Waals surface area contributed by atoms with E-state index in [0.717, 1.165) is 24.7 Å². The molecule has 0 spiro atoms. The van der Waals surface area contributed by atoms with Crippen LogP contribution in [0.3, 0.4) is 0 Å². The molecule has 0 radical (unpaired) electrons. The van der Waals surface area contributed by atoms with Crippen molar-refractivity contribution in [2.24, 2.45) is 0 Å². The fraction of sp³-hybridized carbons (Fsp3) is 0.381. The van der Waals surface area contributed by atoms with Crippen LogP contribution in [-0.2, 0) is 9.59 Å². The van der Waals surface area contributed by atoms with Crippen LogP contribution < -0.4 is 20.3 Å². The van der Waals surface area contributed by atoms with Crippen LogP contribution in [0, 0.1) is 0 Å². The topological polar surface area (TPSA) is 83.6 Å². The van der Waals surface area contributed by atoms with E-state index in [9.17, 15) is 9.59 Å². The largest absolute Gasteiger partial charge is 0.497 e. The first-order valence-corrected chi connectivity index (χ1v) is 10.8. The molecule has 2 amide bonds. The smallest absolute Gasteiger partial charge is 0.234 e. The second-order valence-corrected chi connectivity index (χ2v) is 7.76. The number of methoxy groups -OCH3 is 1. The van der Waals surface area contributed by atoms with Crippen molar-refractivity contribution in [2.75, 3.05) is 47.2 Å². The van der Waals surface area contributed by atoms with Crippen molar-refractivity contribution in [2.45, 2.75) is 19.3 Å². The van der Waals surface area contributed by atoms with Crippen molar-refractivity contribution in [3.05, 3.63) is 42.6 Å². The van der Waals surface area contributed by atoms with Crippen LogP contribution >= 0.6 is 11.8 Å². The second-order valence-electron chi connectivity index (χ2n) is 6.77. The highest BCUT2D eigenvalue weighted by Gasteiger charge is 2.12. The third kappa shape index (κ3) is 6.67. The van der Waals surface area contributed by atoms with Gasteiger partial charge >= 0.3 is 0 Å². The van der Waals surface area contributed by atoms with Gasteiger partial charge in [-0.1, -0.05) is 0 Å². The van der Waals surface area contributed by atoms with Crippen LogP contribution in [0.25, 0.3) is 0 Å². The number of carbonyl (C=O) groups is 2. The maximum absolute atomic E-state index is 12.1. The number of rotatable bonds is 8. The van der Waals surface area contributed by atoms with E-state index in [1.54, 1.807) is 37.6 Å². The first-order chi connectivity index (χ1) is 14.1. The van der Waals surface area contributed by atoms with Crippen LogP contribution in [-0.4, -0.2) is 48.5 Å². The van der Waals surface area contributed by atoms with Crippen molar-refractivity contribution in [1.29, 1.82) is 0 Å². The van der Waals surface area contributed by atoms with E-state index in [1.807, 2.05) is 12.1 Å². The molecule has 1 aromatic carbocycles. The van der Waals surface area contributed by atoms with Crippen molar-refractivity contribution in [3.63, 3.8) is 0 Å². The van der Waals surface area contributed by atoms with Crippen LogP contribution in [0.15, 0.2) is 42.6 Å². The van der Waals surface area contributed by atoms with E-state index in [1.165, 1.54) is 31.0 Å². The minimum atomic E-state index is -0.153. The highest BCUT2D eigenvalue weighted by Crippen LogP contribution is 2.19. The summed E-state index contributed by atoms with van der Waals surface area (Å²) in [6, 6.07) is 10.9. The standard InChI is InChI=1S/C21H26N4O3S/c1-28-18-8-5-16(6-9-18)23-20(26)14-29-15-21(27)24-17-7-10-19(22-13-17)25-11-3-2-4-12-25/h5-10,13H,2-4,11-12,14-15H2,1H3,(H,23,26)(H,24,27). The molecule has 0 aliphatic carbocycles. The van der Waals surface area contributed by atoms with Gasteiger partial charge in [-0.25, -0.2) is 4.98 Å². The lowest BCUT2D eigenvalue weighted by molar-refractivity contribution is -0.114. The molecule has 8 heteroatoms. The molecule has 29 heavy (non-hydrogen) atoms. The molecule has 1 aromatic heterocycles. The summed E-state index contributed by atoms with van der Waals surface area (Å²) in [5.41, 5.74) is 1.36. The summed E-state index contributed by atoms with van der Waals surface area (Å²) in [4.78, 5) is 30.8. The van der Waals surface area contributed by atoms with Crippen LogP contribution in [0.1, 0.15) is 19.3 Å². The number of ether oxygens (including phenoxy) is 1. The zero-order chi connectivity index (χ0) is 20.5. The van der Waals surface area contributed by atoms with Gasteiger partial charge in [-0.05, 0) is 55.7 Å². The number of amides is 2. The summed E-state index contributed by atoms with van der Waals surface area (Å²) in [5, 5.41) is 5.61. The quantitative estimate of drug-likeness (QED) is 0.689. The Morgan fingerprint density at radius 2 is 1.59 bits per heavy atom. The number of piperidine rings is 1. The molecule has 0 atom stereocenters. The molecule has 1 aliphatic heterocycles. The van der Waals surface area contributed by atoms with Gasteiger partial charge in [0, 0.05) is 18.8 Å². The number of aromatic nitrogens is 1. The lowest BCUT2D eigenvalue weighted by Gasteiger charge is -2.27. The van der Waals surface area contributed by atoms with Gasteiger partial charge in [0.05, 0.1) is 30.5 Å². The summed E-state index contributed by atoms with van der Waals surface area (Å²) in [6.07, 6.45) is 5.36. The average Bonchev–Trinajstić information content (AvgIpc) is 2.75. The lowest BCUT2D eigenvalue weighted by Crippen LogP contribution is -2.30. The van der Waals surface area contributed by atoms with Crippen molar-refractivity contribution in [3.8, 4) is 5.75 Å². The molecule has 0 saturated carbocycles. The Hall–Kier alpha value is -2.74. The van der Waals surface area contributed by atoms with E-state index in [0.29, 0.717) is 11.4 Å². The Balaban J connectivity index is 1.37. The molecule has 0 unspecified atom stereocenters. The summed E-state index contributed by atoms with van der Waals surface area (Å²) >= 11 is 1.26. The van der Waals surface area contributed by atoms with Crippen molar-refractivity contribution in [1.82, 2.24) is 4.98 Å². The first-order valence-electron chi connectivity index (χ1n) is 9.66. The van der Waals surface area contributed by atoms with Gasteiger partial charge in [0.2, 0.25) is 11.8 Å². The Morgan fingerprint density at radius 1 is 0.966 bits per heavy atom. The molecule has 2 N–H and O–H groups in total. The monoisotopic (exact) mass is 414 g/mol. The maximum Gasteiger partial charge on any atom is 0.234 e. The molecular formula is C21H26N4O3S. The van der Waals surface area contributed by atoms with Crippen molar-refractivity contribution < 1.29 is 14.3 Å². The third-order valence-corrected chi connectivity index (χ3v) is 5.48. The number of pyridine rings is 1. The average molecular weight is 415 g/mol. The number of nitrogens with zero attached hydrogens (tertiary/aromatic N) is 2. The molecular weight excluding hydrogens is 388 g/mol. The highest BCUT2D eigenvalue weighted by molar-refractivity contribution is 8.00. The minimum absolute atomic E-state index is 0.152. The van der Waals surface area contributed by atoms with E-state index < -0.39 is 0 Å². The zero-order valence-corrected chi connectivity index (χ0v) is 17.3. The van der Waals surface area contributed by atoms with E-state index in [-0.39, 0.29) is 23.3 Å². The Bertz CT molecular complexity index is 806. The number of benzene rings is 1. The van der Waals surface area contributed by atoms with Crippen LogP contribution in [0.5, 0.6) is 5.75 Å². The molecule has 2 heterocycles. The summed E-state index contributed by atoms with van der Waals surface area (Å²) < 4.78 is 5.08. The van der Waals surface area contributed by atoms with Gasteiger partial charge in [-0.2, -0.15) is 0 Å². The normalized spacial score (nSPS) is 13.6. The number of hydrogen-bond acceptors (Lipinski definition) is 6. The summed E-state index contributed by atoms with van der Waals surface area (Å²) in [5.74, 6) is 1.77. The molecule has 1 saturated heterocycles. The van der Waals surface area contributed by atoms with Gasteiger partial charge in [-0.3, -0.25) is 9.59 Å². The van der Waals surface area contributed by atoms with Gasteiger partial charge in [0.25, 0.3) is 0 Å². The van der Waals surface area contributed by atoms with Crippen molar-refractivity contribution >= 4 is 40.8 Å². The fourth-order valence-corrected chi connectivity index (χ4v) is 3.69. The molecule has 3 rings (SSSR count). The SMILES string of the molecule is COc1ccc(NC(=O)CSCC(=O)Nc2ccc(N3CCCCC3)nc2)cc1. The number of nitrogens with one attached hydrogen (secondary N) is 2. The Kier molecular flexibility index (Phi) is 7.75. The van der Waals surface area contributed by atoms with Crippen LogP contribution in [0.2, 0.25) is 0 Å². The van der Waals surface area contributed by atoms with E-state index in [4.69, 9.17) is 4.74 Å². The van der Waals surface area contributed by atoms with E-state index in [2.05, 4.69) is 20.5 Å². The summed E-state index contributed by atoms with van der Waals surface area (Å²) in [6.45, 7) is 2.07.